The van der Waals surface area contributed by atoms with Crippen molar-refractivity contribution in [2.75, 3.05) is 20.2 Å². The Hall–Kier alpha value is -0.660. The lowest BCUT2D eigenvalue weighted by molar-refractivity contribution is 0.0737. The van der Waals surface area contributed by atoms with E-state index < -0.39 is 10.0 Å². The van der Waals surface area contributed by atoms with Gasteiger partial charge in [0.05, 0.1) is 24.2 Å². The van der Waals surface area contributed by atoms with Crippen LogP contribution >= 0.6 is 11.6 Å². The van der Waals surface area contributed by atoms with Gasteiger partial charge in [-0.2, -0.15) is 4.31 Å². The third-order valence-electron chi connectivity index (χ3n) is 3.15. The van der Waals surface area contributed by atoms with Crippen LogP contribution in [0.15, 0.2) is 17.0 Å². The number of aliphatic hydroxyl groups excluding tert-OH is 1. The highest BCUT2D eigenvalue weighted by atomic mass is 35.5. The molecule has 0 fully saturated rings. The van der Waals surface area contributed by atoms with Crippen LogP contribution in [0.5, 0.6) is 0 Å². The number of halogens is 1. The van der Waals surface area contributed by atoms with Crippen molar-refractivity contribution < 1.29 is 18.3 Å². The molecule has 1 rings (SSSR count). The molecule has 21 heavy (non-hydrogen) atoms. The summed E-state index contributed by atoms with van der Waals surface area (Å²) in [4.78, 5) is 0.117. The minimum atomic E-state index is -3.66. The van der Waals surface area contributed by atoms with E-state index in [9.17, 15) is 13.5 Å². The average molecular weight is 336 g/mol. The molecule has 1 aromatic carbocycles. The summed E-state index contributed by atoms with van der Waals surface area (Å²) in [6.07, 6.45) is 0.0509. The van der Waals surface area contributed by atoms with E-state index in [1.54, 1.807) is 13.0 Å². The zero-order chi connectivity index (χ0) is 16.2. The van der Waals surface area contributed by atoms with Gasteiger partial charge in [-0.1, -0.05) is 11.6 Å². The second-order valence-corrected chi connectivity index (χ2v) is 7.54. The van der Waals surface area contributed by atoms with E-state index in [1.165, 1.54) is 17.4 Å². The number of sulfonamides is 1. The van der Waals surface area contributed by atoms with E-state index in [0.717, 1.165) is 0 Å². The first-order valence-electron chi connectivity index (χ1n) is 6.68. The number of hydrogen-bond donors (Lipinski definition) is 1. The van der Waals surface area contributed by atoms with Crippen molar-refractivity contribution in [1.29, 1.82) is 0 Å². The number of hydrogen-bond acceptors (Lipinski definition) is 4. The summed E-state index contributed by atoms with van der Waals surface area (Å²) in [7, 11) is -2.17. The van der Waals surface area contributed by atoms with Gasteiger partial charge in [-0.3, -0.25) is 0 Å². The van der Waals surface area contributed by atoms with Crippen LogP contribution in [-0.4, -0.2) is 44.1 Å². The van der Waals surface area contributed by atoms with Crippen molar-refractivity contribution in [1.82, 2.24) is 4.31 Å². The monoisotopic (exact) mass is 335 g/mol. The van der Waals surface area contributed by atoms with Gasteiger partial charge in [-0.05, 0) is 44.0 Å². The summed E-state index contributed by atoms with van der Waals surface area (Å²) in [5, 5.41) is 9.57. The fourth-order valence-corrected chi connectivity index (χ4v) is 3.60. The molecule has 0 unspecified atom stereocenters. The largest absolute Gasteiger partial charge is 0.392 e. The van der Waals surface area contributed by atoms with Crippen LogP contribution in [0.4, 0.5) is 0 Å². The molecule has 0 amide bonds. The van der Waals surface area contributed by atoms with E-state index in [0.29, 0.717) is 17.7 Å². The topological polar surface area (TPSA) is 66.8 Å². The number of likely N-dealkylation sites (N-methyl/N-ethyl adjacent to an activating group) is 1. The Bertz CT molecular complexity index is 587. The highest BCUT2D eigenvalue weighted by Crippen LogP contribution is 2.26. The molecule has 0 aliphatic heterocycles. The lowest BCUT2D eigenvalue weighted by atomic mass is 10.1. The van der Waals surface area contributed by atoms with Gasteiger partial charge in [-0.15, -0.1) is 0 Å². The quantitative estimate of drug-likeness (QED) is 0.829. The summed E-state index contributed by atoms with van der Waals surface area (Å²) in [5.74, 6) is 0. The summed E-state index contributed by atoms with van der Waals surface area (Å²) in [5.41, 5.74) is 1.02. The second-order valence-electron chi connectivity index (χ2n) is 5.09. The standard InChI is InChI=1S/C14H22ClNO4S/c1-10(2)20-6-5-16(4)21(18,19)14-8-13(15)7-12(9-17)11(14)3/h7-8,10,17H,5-6,9H2,1-4H3. The first kappa shape index (κ1) is 18.4. The number of ether oxygens (including phenoxy) is 1. The molecule has 0 saturated heterocycles. The van der Waals surface area contributed by atoms with Gasteiger partial charge in [-0.25, -0.2) is 8.42 Å². The lowest BCUT2D eigenvalue weighted by Crippen LogP contribution is -2.31. The summed E-state index contributed by atoms with van der Waals surface area (Å²) in [6, 6.07) is 2.98. The number of rotatable bonds is 7. The second kappa shape index (κ2) is 7.56. The van der Waals surface area contributed by atoms with Crippen molar-refractivity contribution in [3.63, 3.8) is 0 Å². The minimum absolute atomic E-state index is 0.0509. The molecule has 1 aromatic rings. The van der Waals surface area contributed by atoms with E-state index in [2.05, 4.69) is 0 Å². The minimum Gasteiger partial charge on any atom is -0.392 e. The Labute approximate surface area is 131 Å². The van der Waals surface area contributed by atoms with Crippen LogP contribution in [0.1, 0.15) is 25.0 Å². The van der Waals surface area contributed by atoms with Crippen molar-refractivity contribution in [3.8, 4) is 0 Å². The average Bonchev–Trinajstić information content (AvgIpc) is 2.40. The predicted molar refractivity (Wildman–Crippen MR) is 83.0 cm³/mol. The Morgan fingerprint density at radius 1 is 1.38 bits per heavy atom. The maximum atomic E-state index is 12.6. The molecule has 0 saturated carbocycles. The molecule has 120 valence electrons. The molecule has 0 aliphatic carbocycles. The Kier molecular flexibility index (Phi) is 6.62. The van der Waals surface area contributed by atoms with Crippen molar-refractivity contribution in [2.24, 2.45) is 0 Å². The van der Waals surface area contributed by atoms with Crippen molar-refractivity contribution in [3.05, 3.63) is 28.3 Å². The zero-order valence-electron chi connectivity index (χ0n) is 12.8. The van der Waals surface area contributed by atoms with Gasteiger partial charge in [0, 0.05) is 18.6 Å². The van der Waals surface area contributed by atoms with Crippen LogP contribution in [0.2, 0.25) is 5.02 Å². The lowest BCUT2D eigenvalue weighted by Gasteiger charge is -2.20. The molecular weight excluding hydrogens is 314 g/mol. The van der Waals surface area contributed by atoms with Crippen LogP contribution in [0, 0.1) is 6.92 Å². The first-order chi connectivity index (χ1) is 9.70. The van der Waals surface area contributed by atoms with Crippen molar-refractivity contribution in [2.45, 2.75) is 38.4 Å². The molecule has 0 heterocycles. The van der Waals surface area contributed by atoms with Crippen LogP contribution in [0.25, 0.3) is 0 Å². The smallest absolute Gasteiger partial charge is 0.243 e. The maximum absolute atomic E-state index is 12.6. The van der Waals surface area contributed by atoms with E-state index in [1.807, 2.05) is 13.8 Å². The molecule has 0 radical (unpaired) electrons. The molecule has 0 atom stereocenters. The Balaban J connectivity index is 3.05. The SMILES string of the molecule is Cc1c(CO)cc(Cl)cc1S(=O)(=O)N(C)CCOC(C)C. The molecule has 5 nitrogen and oxygen atoms in total. The zero-order valence-corrected chi connectivity index (χ0v) is 14.3. The maximum Gasteiger partial charge on any atom is 0.243 e. The van der Waals surface area contributed by atoms with Gasteiger partial charge in [0.1, 0.15) is 0 Å². The van der Waals surface area contributed by atoms with Crippen LogP contribution in [0.3, 0.4) is 0 Å². The van der Waals surface area contributed by atoms with Crippen LogP contribution < -0.4 is 0 Å². The third-order valence-corrected chi connectivity index (χ3v) is 5.35. The number of nitrogens with zero attached hydrogens (tertiary/aromatic N) is 1. The Morgan fingerprint density at radius 3 is 2.52 bits per heavy atom. The van der Waals surface area contributed by atoms with Gasteiger partial charge in [0.15, 0.2) is 0 Å². The molecule has 0 aromatic heterocycles. The number of aliphatic hydroxyl groups is 1. The molecule has 0 bridgehead atoms. The normalized spacial score (nSPS) is 12.4. The first-order valence-corrected chi connectivity index (χ1v) is 8.49. The molecular formula is C14H22ClNO4S. The third kappa shape index (κ3) is 4.66. The van der Waals surface area contributed by atoms with E-state index in [4.69, 9.17) is 16.3 Å². The van der Waals surface area contributed by atoms with Crippen LogP contribution in [-0.2, 0) is 21.4 Å². The highest BCUT2D eigenvalue weighted by Gasteiger charge is 2.24. The van der Waals surface area contributed by atoms with E-state index in [-0.39, 0.29) is 29.2 Å². The predicted octanol–water partition coefficient (Wildman–Crippen LogP) is 2.19. The Morgan fingerprint density at radius 2 is 2.00 bits per heavy atom. The van der Waals surface area contributed by atoms with Gasteiger partial charge < -0.3 is 9.84 Å². The van der Waals surface area contributed by atoms with Crippen molar-refractivity contribution >= 4 is 21.6 Å². The van der Waals surface area contributed by atoms with Gasteiger partial charge in [0.25, 0.3) is 0 Å². The summed E-state index contributed by atoms with van der Waals surface area (Å²) >= 11 is 5.94. The molecule has 7 heteroatoms. The summed E-state index contributed by atoms with van der Waals surface area (Å²) in [6.45, 7) is 5.76. The van der Waals surface area contributed by atoms with Gasteiger partial charge in [0.2, 0.25) is 10.0 Å². The van der Waals surface area contributed by atoms with Gasteiger partial charge >= 0.3 is 0 Å². The molecule has 0 spiro atoms. The molecule has 1 N–H and O–H groups in total. The fraction of sp³-hybridized carbons (Fsp3) is 0.571. The summed E-state index contributed by atoms with van der Waals surface area (Å²) < 4.78 is 31.8. The van der Waals surface area contributed by atoms with E-state index >= 15 is 0 Å². The molecule has 0 aliphatic rings. The number of benzene rings is 1. The highest BCUT2D eigenvalue weighted by molar-refractivity contribution is 7.89. The fourth-order valence-electron chi connectivity index (χ4n) is 1.85.